The second-order valence-electron chi connectivity index (χ2n) is 4.94. The minimum Gasteiger partial charge on any atom is -0.497 e. The van der Waals surface area contributed by atoms with E-state index in [1.54, 1.807) is 25.3 Å². The quantitative estimate of drug-likeness (QED) is 0.696. The highest BCUT2D eigenvalue weighted by atomic mass is 16.7. The van der Waals surface area contributed by atoms with E-state index in [0.717, 1.165) is 11.3 Å². The summed E-state index contributed by atoms with van der Waals surface area (Å²) in [6, 6.07) is 12.5. The number of methoxy groups -OCH3 is 1. The van der Waals surface area contributed by atoms with Crippen LogP contribution in [0.5, 0.6) is 17.2 Å². The maximum Gasteiger partial charge on any atom is 0.271 e. The average Bonchev–Trinajstić information content (AvgIpc) is 3.07. The molecule has 1 aliphatic heterocycles. The van der Waals surface area contributed by atoms with Gasteiger partial charge in [0, 0.05) is 11.1 Å². The molecule has 0 fully saturated rings. The molecule has 0 spiro atoms. The molecule has 1 aliphatic rings. The summed E-state index contributed by atoms with van der Waals surface area (Å²) < 4.78 is 15.6. The summed E-state index contributed by atoms with van der Waals surface area (Å²) in [6.45, 7) is 1.99. The molecule has 23 heavy (non-hydrogen) atoms. The number of nitrogens with zero attached hydrogens (tertiary/aromatic N) is 1. The number of carbonyl (C=O) groups excluding carboxylic acids is 1. The largest absolute Gasteiger partial charge is 0.497 e. The van der Waals surface area contributed by atoms with Crippen molar-refractivity contribution in [2.75, 3.05) is 13.9 Å². The first-order valence-electron chi connectivity index (χ1n) is 7.06. The van der Waals surface area contributed by atoms with Gasteiger partial charge in [-0.2, -0.15) is 5.10 Å². The minimum absolute atomic E-state index is 0.174. The molecule has 0 bridgehead atoms. The van der Waals surface area contributed by atoms with Crippen molar-refractivity contribution < 1.29 is 19.0 Å². The van der Waals surface area contributed by atoms with Gasteiger partial charge in [0.25, 0.3) is 5.91 Å². The molecule has 0 saturated heterocycles. The van der Waals surface area contributed by atoms with E-state index in [1.165, 1.54) is 0 Å². The third-order valence-electron chi connectivity index (χ3n) is 3.45. The van der Waals surface area contributed by atoms with Crippen LogP contribution in [0.1, 0.15) is 22.8 Å². The van der Waals surface area contributed by atoms with Crippen molar-refractivity contribution in [1.82, 2.24) is 5.43 Å². The number of ether oxygens (including phenoxy) is 3. The highest BCUT2D eigenvalue weighted by Gasteiger charge is 2.16. The van der Waals surface area contributed by atoms with Gasteiger partial charge in [0.05, 0.1) is 12.8 Å². The van der Waals surface area contributed by atoms with Gasteiger partial charge in [-0.25, -0.2) is 5.43 Å². The molecule has 0 unspecified atom stereocenters. The molecule has 118 valence electrons. The van der Waals surface area contributed by atoms with Crippen LogP contribution in [0.25, 0.3) is 0 Å². The zero-order valence-electron chi connectivity index (χ0n) is 12.8. The second kappa shape index (κ2) is 6.39. The van der Waals surface area contributed by atoms with E-state index in [1.807, 2.05) is 31.2 Å². The van der Waals surface area contributed by atoms with Crippen molar-refractivity contribution in [3.8, 4) is 17.2 Å². The van der Waals surface area contributed by atoms with Crippen LogP contribution in [0.15, 0.2) is 47.6 Å². The smallest absolute Gasteiger partial charge is 0.271 e. The van der Waals surface area contributed by atoms with Crippen molar-refractivity contribution >= 4 is 11.6 Å². The lowest BCUT2D eigenvalue weighted by Gasteiger charge is -2.05. The maximum atomic E-state index is 12.2. The molecule has 0 radical (unpaired) electrons. The molecule has 6 heteroatoms. The molecule has 2 aromatic carbocycles. The van der Waals surface area contributed by atoms with Gasteiger partial charge >= 0.3 is 0 Å². The summed E-state index contributed by atoms with van der Waals surface area (Å²) in [4.78, 5) is 12.2. The fraction of sp³-hybridized carbons (Fsp3) is 0.176. The zero-order valence-corrected chi connectivity index (χ0v) is 12.8. The highest BCUT2D eigenvalue weighted by Crippen LogP contribution is 2.32. The Kier molecular flexibility index (Phi) is 4.14. The topological polar surface area (TPSA) is 69.2 Å². The summed E-state index contributed by atoms with van der Waals surface area (Å²) in [6.07, 6.45) is 0. The Morgan fingerprint density at radius 2 is 1.96 bits per heavy atom. The predicted molar refractivity (Wildman–Crippen MR) is 85.2 cm³/mol. The van der Waals surface area contributed by atoms with Gasteiger partial charge in [0.15, 0.2) is 11.5 Å². The van der Waals surface area contributed by atoms with Crippen LogP contribution < -0.4 is 19.6 Å². The molecule has 1 N–H and O–H groups in total. The van der Waals surface area contributed by atoms with Crippen LogP contribution in [-0.2, 0) is 0 Å². The van der Waals surface area contributed by atoms with Gasteiger partial charge in [-0.3, -0.25) is 4.79 Å². The molecule has 0 aromatic heterocycles. The monoisotopic (exact) mass is 312 g/mol. The molecule has 0 atom stereocenters. The van der Waals surface area contributed by atoms with Crippen molar-refractivity contribution in [2.24, 2.45) is 5.10 Å². The van der Waals surface area contributed by atoms with E-state index in [4.69, 9.17) is 14.2 Å². The summed E-state index contributed by atoms with van der Waals surface area (Å²) in [5.74, 6) is 1.62. The van der Waals surface area contributed by atoms with E-state index in [-0.39, 0.29) is 12.7 Å². The number of amides is 1. The van der Waals surface area contributed by atoms with Crippen LogP contribution >= 0.6 is 0 Å². The molecular formula is C17H16N2O4. The molecule has 3 rings (SSSR count). The van der Waals surface area contributed by atoms with E-state index in [2.05, 4.69) is 10.5 Å². The fourth-order valence-corrected chi connectivity index (χ4v) is 2.15. The average molecular weight is 312 g/mol. The van der Waals surface area contributed by atoms with Crippen molar-refractivity contribution in [3.63, 3.8) is 0 Å². The van der Waals surface area contributed by atoms with Gasteiger partial charge in [0.2, 0.25) is 6.79 Å². The van der Waals surface area contributed by atoms with Crippen molar-refractivity contribution in [3.05, 3.63) is 53.6 Å². The molecule has 1 heterocycles. The number of hydrogen-bond acceptors (Lipinski definition) is 5. The summed E-state index contributed by atoms with van der Waals surface area (Å²) >= 11 is 0. The number of hydrogen-bond donors (Lipinski definition) is 1. The van der Waals surface area contributed by atoms with Crippen LogP contribution in [0.2, 0.25) is 0 Å². The van der Waals surface area contributed by atoms with Gasteiger partial charge in [-0.1, -0.05) is 12.1 Å². The second-order valence-corrected chi connectivity index (χ2v) is 4.94. The Morgan fingerprint density at radius 1 is 1.13 bits per heavy atom. The lowest BCUT2D eigenvalue weighted by Crippen LogP contribution is -2.19. The van der Waals surface area contributed by atoms with Gasteiger partial charge in [-0.15, -0.1) is 0 Å². The highest BCUT2D eigenvalue weighted by molar-refractivity contribution is 6.01. The zero-order chi connectivity index (χ0) is 16.2. The normalized spacial score (nSPS) is 12.9. The first kappa shape index (κ1) is 14.9. The number of carbonyl (C=O) groups is 1. The van der Waals surface area contributed by atoms with Crippen LogP contribution in [0, 0.1) is 0 Å². The number of hydrazone groups is 1. The standard InChI is InChI=1S/C17H16N2O4/c1-11(12-4-3-5-14(8-12)21-2)18-19-17(20)13-6-7-15-16(9-13)23-10-22-15/h3-9H,10H2,1-2H3,(H,19,20)/b18-11-. The Balaban J connectivity index is 1.72. The SMILES string of the molecule is COc1cccc(/C(C)=N\NC(=O)c2ccc3c(c2)OCO3)c1. The molecule has 0 saturated carbocycles. The molecule has 6 nitrogen and oxygen atoms in total. The molecule has 2 aromatic rings. The van der Waals surface area contributed by atoms with E-state index < -0.39 is 0 Å². The number of rotatable bonds is 4. The minimum atomic E-state index is -0.314. The van der Waals surface area contributed by atoms with Crippen LogP contribution in [0.4, 0.5) is 0 Å². The summed E-state index contributed by atoms with van der Waals surface area (Å²) in [5.41, 5.74) is 4.54. The van der Waals surface area contributed by atoms with E-state index in [0.29, 0.717) is 22.8 Å². The summed E-state index contributed by atoms with van der Waals surface area (Å²) in [5, 5.41) is 4.13. The van der Waals surface area contributed by atoms with Crippen molar-refractivity contribution in [2.45, 2.75) is 6.92 Å². The molecular weight excluding hydrogens is 296 g/mol. The predicted octanol–water partition coefficient (Wildman–Crippen LogP) is 2.58. The molecule has 0 aliphatic carbocycles. The first-order chi connectivity index (χ1) is 11.2. The van der Waals surface area contributed by atoms with Gasteiger partial charge in [0.1, 0.15) is 5.75 Å². The Bertz CT molecular complexity index is 771. The van der Waals surface area contributed by atoms with Crippen LogP contribution in [0.3, 0.4) is 0 Å². The summed E-state index contributed by atoms with van der Waals surface area (Å²) in [7, 11) is 1.60. The van der Waals surface area contributed by atoms with Crippen molar-refractivity contribution in [1.29, 1.82) is 0 Å². The Labute approximate surface area is 133 Å². The Morgan fingerprint density at radius 3 is 2.78 bits per heavy atom. The lowest BCUT2D eigenvalue weighted by atomic mass is 10.1. The number of fused-ring (bicyclic) bond motifs is 1. The Hall–Kier alpha value is -3.02. The fourth-order valence-electron chi connectivity index (χ4n) is 2.15. The third-order valence-corrected chi connectivity index (χ3v) is 3.45. The first-order valence-corrected chi connectivity index (χ1v) is 7.06. The number of benzene rings is 2. The van der Waals surface area contributed by atoms with Gasteiger partial charge < -0.3 is 14.2 Å². The lowest BCUT2D eigenvalue weighted by molar-refractivity contribution is 0.0954. The van der Waals surface area contributed by atoms with E-state index >= 15 is 0 Å². The molecule has 1 amide bonds. The van der Waals surface area contributed by atoms with Crippen LogP contribution in [-0.4, -0.2) is 25.5 Å². The van der Waals surface area contributed by atoms with E-state index in [9.17, 15) is 4.79 Å². The third kappa shape index (κ3) is 3.26. The van der Waals surface area contributed by atoms with Gasteiger partial charge in [-0.05, 0) is 37.3 Å². The number of nitrogens with one attached hydrogen (secondary N) is 1. The maximum absolute atomic E-state index is 12.2.